The molecule has 0 fully saturated rings. The van der Waals surface area contributed by atoms with Gasteiger partial charge in [0.15, 0.2) is 0 Å². The van der Waals surface area contributed by atoms with Crippen LogP contribution in [0.5, 0.6) is 0 Å². The van der Waals surface area contributed by atoms with Crippen molar-refractivity contribution in [1.29, 1.82) is 0 Å². The summed E-state index contributed by atoms with van der Waals surface area (Å²) in [6, 6.07) is 14.7. The fourth-order valence-electron chi connectivity index (χ4n) is 1.61. The molecule has 1 aromatic carbocycles. The smallest absolute Gasteiger partial charge is 0.0138 e. The van der Waals surface area contributed by atoms with Crippen molar-refractivity contribution < 1.29 is 0 Å². The molecule has 1 heterocycles. The lowest BCUT2D eigenvalue weighted by Crippen LogP contribution is -2.16. The Morgan fingerprint density at radius 1 is 1.06 bits per heavy atom. The van der Waals surface area contributed by atoms with Crippen LogP contribution in [-0.4, -0.2) is 13.1 Å². The quantitative estimate of drug-likeness (QED) is 0.764. The first-order chi connectivity index (χ1) is 8.45. The average Bonchev–Trinajstić information content (AvgIpc) is 2.88. The van der Waals surface area contributed by atoms with Crippen LogP contribution in [0.15, 0.2) is 53.9 Å². The molecule has 1 nitrogen and oxygen atoms in total. The zero-order chi connectivity index (χ0) is 11.8. The highest BCUT2D eigenvalue weighted by Crippen LogP contribution is 2.07. The second kappa shape index (κ2) is 7.05. The summed E-state index contributed by atoms with van der Waals surface area (Å²) in [6.45, 7) is 1.97. The van der Waals surface area contributed by atoms with Gasteiger partial charge in [-0.1, -0.05) is 48.6 Å². The maximum atomic E-state index is 3.41. The van der Waals surface area contributed by atoms with Gasteiger partial charge in [0.25, 0.3) is 0 Å². The fraction of sp³-hybridized carbons (Fsp3) is 0.200. The van der Waals surface area contributed by atoms with E-state index < -0.39 is 0 Å². The number of nitrogens with one attached hydrogen (secondary N) is 1. The van der Waals surface area contributed by atoms with Gasteiger partial charge < -0.3 is 5.32 Å². The van der Waals surface area contributed by atoms with Crippen molar-refractivity contribution in [3.05, 3.63) is 64.4 Å². The van der Waals surface area contributed by atoms with Crippen molar-refractivity contribution in [1.82, 2.24) is 5.32 Å². The molecule has 2 heteroatoms. The Morgan fingerprint density at radius 3 is 2.71 bits per heavy atom. The van der Waals surface area contributed by atoms with Crippen LogP contribution in [0.3, 0.4) is 0 Å². The molecule has 0 bridgehead atoms. The zero-order valence-electron chi connectivity index (χ0n) is 9.80. The van der Waals surface area contributed by atoms with E-state index in [9.17, 15) is 0 Å². The van der Waals surface area contributed by atoms with Gasteiger partial charge in [-0.2, -0.15) is 0 Å². The lowest BCUT2D eigenvalue weighted by atomic mass is 10.2. The molecule has 0 amide bonds. The highest BCUT2D eigenvalue weighted by Gasteiger charge is 1.91. The van der Waals surface area contributed by atoms with Gasteiger partial charge in [0, 0.05) is 18.0 Å². The first-order valence-corrected chi connectivity index (χ1v) is 6.78. The molecule has 0 unspecified atom stereocenters. The van der Waals surface area contributed by atoms with Gasteiger partial charge in [0.1, 0.15) is 0 Å². The Hall–Kier alpha value is -1.38. The summed E-state index contributed by atoms with van der Waals surface area (Å²) in [5, 5.41) is 5.54. The maximum absolute atomic E-state index is 3.41. The van der Waals surface area contributed by atoms with E-state index in [0.717, 1.165) is 19.5 Å². The van der Waals surface area contributed by atoms with Crippen molar-refractivity contribution in [2.45, 2.75) is 6.42 Å². The molecule has 0 saturated carbocycles. The van der Waals surface area contributed by atoms with E-state index in [1.165, 1.54) is 10.4 Å². The molecule has 17 heavy (non-hydrogen) atoms. The van der Waals surface area contributed by atoms with E-state index in [-0.39, 0.29) is 0 Å². The topological polar surface area (TPSA) is 12.0 Å². The maximum Gasteiger partial charge on any atom is 0.0138 e. The van der Waals surface area contributed by atoms with Crippen LogP contribution in [0, 0.1) is 0 Å². The first-order valence-electron chi connectivity index (χ1n) is 5.90. The molecule has 0 atom stereocenters. The van der Waals surface area contributed by atoms with Gasteiger partial charge in [-0.15, -0.1) is 11.3 Å². The lowest BCUT2D eigenvalue weighted by molar-refractivity contribution is 0.751. The molecule has 0 spiro atoms. The summed E-state index contributed by atoms with van der Waals surface area (Å²) in [6.07, 6.45) is 5.44. The molecule has 2 aromatic rings. The molecule has 0 aliphatic heterocycles. The minimum Gasteiger partial charge on any atom is -0.313 e. The Kier molecular flexibility index (Phi) is 5.01. The normalized spacial score (nSPS) is 11.1. The summed E-state index contributed by atoms with van der Waals surface area (Å²) in [5.74, 6) is 0. The summed E-state index contributed by atoms with van der Waals surface area (Å²) in [5.41, 5.74) is 1.26. The fourth-order valence-corrected chi connectivity index (χ4v) is 2.32. The van der Waals surface area contributed by atoms with E-state index in [0.29, 0.717) is 0 Å². The molecular weight excluding hydrogens is 226 g/mol. The summed E-state index contributed by atoms with van der Waals surface area (Å²) in [4.78, 5) is 1.45. The predicted octanol–water partition coefficient (Wildman–Crippen LogP) is 3.59. The summed E-state index contributed by atoms with van der Waals surface area (Å²) >= 11 is 1.83. The highest BCUT2D eigenvalue weighted by molar-refractivity contribution is 7.09. The molecule has 0 aliphatic carbocycles. The van der Waals surface area contributed by atoms with Crippen molar-refractivity contribution in [3.8, 4) is 0 Å². The predicted molar refractivity (Wildman–Crippen MR) is 76.4 cm³/mol. The standard InChI is InChI=1S/C15H17NS/c1-2-6-14(7-3-1)8-4-11-16-12-10-15-9-5-13-17-15/h1-9,13,16H,10-12H2. The Balaban J connectivity index is 1.62. The molecular formula is C15H17NS. The molecule has 88 valence electrons. The first kappa shape index (κ1) is 12.1. The summed E-state index contributed by atoms with van der Waals surface area (Å²) < 4.78 is 0. The number of thiophene rings is 1. The van der Waals surface area contributed by atoms with Crippen LogP contribution in [0.2, 0.25) is 0 Å². The Bertz CT molecular complexity index is 431. The molecule has 0 saturated heterocycles. The third-order valence-electron chi connectivity index (χ3n) is 2.50. The van der Waals surface area contributed by atoms with Gasteiger partial charge in [0.05, 0.1) is 0 Å². The molecule has 1 N–H and O–H groups in total. The number of benzene rings is 1. The number of rotatable bonds is 6. The average molecular weight is 243 g/mol. The van der Waals surface area contributed by atoms with Crippen molar-refractivity contribution >= 4 is 17.4 Å². The van der Waals surface area contributed by atoms with Crippen LogP contribution < -0.4 is 5.32 Å². The van der Waals surface area contributed by atoms with Gasteiger partial charge in [-0.05, 0) is 23.4 Å². The Labute approximate surface area is 107 Å². The number of hydrogen-bond acceptors (Lipinski definition) is 2. The highest BCUT2D eigenvalue weighted by atomic mass is 32.1. The third-order valence-corrected chi connectivity index (χ3v) is 3.44. The molecule has 1 aromatic heterocycles. The lowest BCUT2D eigenvalue weighted by Gasteiger charge is -1.99. The van der Waals surface area contributed by atoms with E-state index >= 15 is 0 Å². The SMILES string of the molecule is C(=Cc1ccccc1)CNCCc1cccs1. The van der Waals surface area contributed by atoms with E-state index in [1.54, 1.807) is 0 Å². The van der Waals surface area contributed by atoms with Gasteiger partial charge in [0.2, 0.25) is 0 Å². The minimum atomic E-state index is 0.931. The van der Waals surface area contributed by atoms with Crippen LogP contribution in [-0.2, 0) is 6.42 Å². The van der Waals surface area contributed by atoms with Crippen LogP contribution >= 0.6 is 11.3 Å². The van der Waals surface area contributed by atoms with Gasteiger partial charge in [-0.3, -0.25) is 0 Å². The summed E-state index contributed by atoms with van der Waals surface area (Å²) in [7, 11) is 0. The van der Waals surface area contributed by atoms with Crippen molar-refractivity contribution in [2.75, 3.05) is 13.1 Å². The third kappa shape index (κ3) is 4.55. The minimum absolute atomic E-state index is 0.931. The van der Waals surface area contributed by atoms with E-state index in [1.807, 2.05) is 17.4 Å². The van der Waals surface area contributed by atoms with Gasteiger partial charge in [-0.25, -0.2) is 0 Å². The van der Waals surface area contributed by atoms with Crippen LogP contribution in [0.1, 0.15) is 10.4 Å². The van der Waals surface area contributed by atoms with Gasteiger partial charge >= 0.3 is 0 Å². The second-order valence-electron chi connectivity index (χ2n) is 3.85. The van der Waals surface area contributed by atoms with E-state index in [4.69, 9.17) is 0 Å². The zero-order valence-corrected chi connectivity index (χ0v) is 10.6. The molecule has 2 rings (SSSR count). The van der Waals surface area contributed by atoms with Crippen molar-refractivity contribution in [2.24, 2.45) is 0 Å². The van der Waals surface area contributed by atoms with Crippen LogP contribution in [0.4, 0.5) is 0 Å². The van der Waals surface area contributed by atoms with Crippen molar-refractivity contribution in [3.63, 3.8) is 0 Å². The second-order valence-corrected chi connectivity index (χ2v) is 4.88. The number of hydrogen-bond donors (Lipinski definition) is 1. The van der Waals surface area contributed by atoms with Crippen LogP contribution in [0.25, 0.3) is 6.08 Å². The Morgan fingerprint density at radius 2 is 1.94 bits per heavy atom. The largest absolute Gasteiger partial charge is 0.313 e. The molecule has 0 aliphatic rings. The monoisotopic (exact) mass is 243 g/mol. The van der Waals surface area contributed by atoms with E-state index in [2.05, 4.69) is 59.2 Å². The molecule has 0 radical (unpaired) electrons.